The third kappa shape index (κ3) is 3.83. The third-order valence-corrected chi connectivity index (χ3v) is 3.83. The summed E-state index contributed by atoms with van der Waals surface area (Å²) in [6.45, 7) is 3.90. The normalized spacial score (nSPS) is 14.1. The van der Waals surface area contributed by atoms with E-state index in [0.29, 0.717) is 18.2 Å². The van der Waals surface area contributed by atoms with Crippen molar-refractivity contribution in [2.75, 3.05) is 18.4 Å². The van der Waals surface area contributed by atoms with Gasteiger partial charge in [0, 0.05) is 25.3 Å². The number of aromatic nitrogens is 2. The predicted molar refractivity (Wildman–Crippen MR) is 85.6 cm³/mol. The number of carbonyl (C=O) groups excluding carboxylic acids is 1. The lowest BCUT2D eigenvalue weighted by Crippen LogP contribution is -2.28. The van der Waals surface area contributed by atoms with Crippen LogP contribution in [0, 0.1) is 12.7 Å². The number of benzene rings is 1. The predicted octanol–water partition coefficient (Wildman–Crippen LogP) is 2.77. The number of likely N-dealkylation sites (tertiary alicyclic amines) is 1. The topological polar surface area (TPSA) is 58.1 Å². The summed E-state index contributed by atoms with van der Waals surface area (Å²) in [7, 11) is 0. The summed E-state index contributed by atoms with van der Waals surface area (Å²) >= 11 is 0. The number of amides is 1. The molecule has 1 amide bonds. The van der Waals surface area contributed by atoms with Gasteiger partial charge in [0.25, 0.3) is 5.91 Å². The van der Waals surface area contributed by atoms with E-state index in [2.05, 4.69) is 15.3 Å². The van der Waals surface area contributed by atoms with Gasteiger partial charge >= 0.3 is 0 Å². The third-order valence-electron chi connectivity index (χ3n) is 3.83. The molecule has 6 heteroatoms. The van der Waals surface area contributed by atoms with Crippen molar-refractivity contribution >= 4 is 11.9 Å². The number of hydrogen-bond donors (Lipinski definition) is 1. The Morgan fingerprint density at radius 2 is 1.91 bits per heavy atom. The van der Waals surface area contributed by atoms with Crippen LogP contribution in [0.15, 0.2) is 30.3 Å². The second kappa shape index (κ2) is 6.73. The zero-order valence-corrected chi connectivity index (χ0v) is 13.1. The number of aryl methyl sites for hydroxylation is 1. The molecule has 1 aliphatic heterocycles. The first-order chi connectivity index (χ1) is 11.1. The number of anilines is 1. The van der Waals surface area contributed by atoms with Crippen molar-refractivity contribution < 1.29 is 9.18 Å². The van der Waals surface area contributed by atoms with Crippen molar-refractivity contribution in [3.05, 3.63) is 53.1 Å². The lowest BCUT2D eigenvalue weighted by Gasteiger charge is -2.15. The molecule has 2 aromatic rings. The maximum atomic E-state index is 12.9. The van der Waals surface area contributed by atoms with Gasteiger partial charge in [0.2, 0.25) is 5.95 Å². The SMILES string of the molecule is Cc1cc(C(=O)N2CCCC2)nc(NCc2ccc(F)cc2)n1. The fraction of sp³-hybridized carbons (Fsp3) is 0.353. The quantitative estimate of drug-likeness (QED) is 0.943. The number of rotatable bonds is 4. The molecule has 5 nitrogen and oxygen atoms in total. The number of hydrogen-bond acceptors (Lipinski definition) is 4. The van der Waals surface area contributed by atoms with E-state index in [1.165, 1.54) is 12.1 Å². The average molecular weight is 314 g/mol. The zero-order valence-electron chi connectivity index (χ0n) is 13.1. The Bertz CT molecular complexity index is 696. The Labute approximate surface area is 134 Å². The van der Waals surface area contributed by atoms with Crippen molar-refractivity contribution in [1.29, 1.82) is 0 Å². The summed E-state index contributed by atoms with van der Waals surface area (Å²) < 4.78 is 12.9. The molecule has 1 aliphatic rings. The lowest BCUT2D eigenvalue weighted by molar-refractivity contribution is 0.0787. The standard InChI is InChI=1S/C17H19FN4O/c1-12-10-15(16(23)22-8-2-3-9-22)21-17(20-12)19-11-13-4-6-14(18)7-5-13/h4-7,10H,2-3,8-9,11H2,1H3,(H,19,20,21). The van der Waals surface area contributed by atoms with Gasteiger partial charge in [0.05, 0.1) is 0 Å². The van der Waals surface area contributed by atoms with E-state index in [1.807, 2.05) is 11.8 Å². The average Bonchev–Trinajstić information content (AvgIpc) is 3.07. The Morgan fingerprint density at radius 1 is 1.22 bits per heavy atom. The summed E-state index contributed by atoms with van der Waals surface area (Å²) in [5, 5.41) is 3.09. The first-order valence-electron chi connectivity index (χ1n) is 7.75. The fourth-order valence-corrected chi connectivity index (χ4v) is 2.62. The molecule has 0 bridgehead atoms. The molecular weight excluding hydrogens is 295 g/mol. The van der Waals surface area contributed by atoms with Gasteiger partial charge in [-0.2, -0.15) is 0 Å². The largest absolute Gasteiger partial charge is 0.350 e. The maximum Gasteiger partial charge on any atom is 0.272 e. The Balaban J connectivity index is 1.72. The van der Waals surface area contributed by atoms with Gasteiger partial charge in [-0.25, -0.2) is 14.4 Å². The maximum absolute atomic E-state index is 12.9. The van der Waals surface area contributed by atoms with E-state index < -0.39 is 0 Å². The molecule has 0 radical (unpaired) electrons. The second-order valence-electron chi connectivity index (χ2n) is 5.70. The zero-order chi connectivity index (χ0) is 16.2. The van der Waals surface area contributed by atoms with Crippen LogP contribution >= 0.6 is 0 Å². The minimum atomic E-state index is -0.265. The molecule has 0 atom stereocenters. The number of halogens is 1. The van der Waals surface area contributed by atoms with Crippen LogP contribution in [0.3, 0.4) is 0 Å². The smallest absolute Gasteiger partial charge is 0.272 e. The van der Waals surface area contributed by atoms with Crippen molar-refractivity contribution in [2.45, 2.75) is 26.3 Å². The van der Waals surface area contributed by atoms with Gasteiger partial charge in [-0.05, 0) is 43.5 Å². The van der Waals surface area contributed by atoms with E-state index in [1.54, 1.807) is 18.2 Å². The molecule has 1 saturated heterocycles. The molecule has 1 aromatic heterocycles. The van der Waals surface area contributed by atoms with Crippen LogP contribution in [0.2, 0.25) is 0 Å². The molecular formula is C17H19FN4O. The van der Waals surface area contributed by atoms with E-state index in [-0.39, 0.29) is 11.7 Å². The Hall–Kier alpha value is -2.50. The van der Waals surface area contributed by atoms with Crippen molar-refractivity contribution in [3.63, 3.8) is 0 Å². The van der Waals surface area contributed by atoms with Gasteiger partial charge in [-0.1, -0.05) is 12.1 Å². The summed E-state index contributed by atoms with van der Waals surface area (Å²) in [6, 6.07) is 7.94. The Kier molecular flexibility index (Phi) is 4.50. The highest BCUT2D eigenvalue weighted by Gasteiger charge is 2.21. The molecule has 2 heterocycles. The molecule has 0 aliphatic carbocycles. The van der Waals surface area contributed by atoms with E-state index in [9.17, 15) is 9.18 Å². The van der Waals surface area contributed by atoms with Crippen molar-refractivity contribution in [3.8, 4) is 0 Å². The van der Waals surface area contributed by atoms with E-state index in [4.69, 9.17) is 0 Å². The second-order valence-corrected chi connectivity index (χ2v) is 5.70. The van der Waals surface area contributed by atoms with Gasteiger partial charge in [-0.15, -0.1) is 0 Å². The van der Waals surface area contributed by atoms with Crippen LogP contribution in [0.25, 0.3) is 0 Å². The van der Waals surface area contributed by atoms with Crippen LogP contribution < -0.4 is 5.32 Å². The monoisotopic (exact) mass is 314 g/mol. The summed E-state index contributed by atoms with van der Waals surface area (Å²) in [5.41, 5.74) is 2.08. The number of carbonyl (C=O) groups is 1. The minimum Gasteiger partial charge on any atom is -0.350 e. The number of nitrogens with one attached hydrogen (secondary N) is 1. The highest BCUT2D eigenvalue weighted by Crippen LogP contribution is 2.14. The Morgan fingerprint density at radius 3 is 2.61 bits per heavy atom. The van der Waals surface area contributed by atoms with Gasteiger partial charge in [-0.3, -0.25) is 4.79 Å². The van der Waals surface area contributed by atoms with Gasteiger partial charge in [0.1, 0.15) is 11.5 Å². The highest BCUT2D eigenvalue weighted by molar-refractivity contribution is 5.92. The fourth-order valence-electron chi connectivity index (χ4n) is 2.62. The minimum absolute atomic E-state index is 0.0437. The summed E-state index contributed by atoms with van der Waals surface area (Å²) in [4.78, 5) is 22.9. The molecule has 1 N–H and O–H groups in total. The summed E-state index contributed by atoms with van der Waals surface area (Å²) in [6.07, 6.45) is 2.09. The van der Waals surface area contributed by atoms with Crippen LogP contribution in [0.5, 0.6) is 0 Å². The van der Waals surface area contributed by atoms with Crippen molar-refractivity contribution in [1.82, 2.24) is 14.9 Å². The van der Waals surface area contributed by atoms with Crippen LogP contribution in [-0.2, 0) is 6.54 Å². The molecule has 0 spiro atoms. The molecule has 0 unspecified atom stereocenters. The molecule has 1 aromatic carbocycles. The first kappa shape index (κ1) is 15.4. The molecule has 3 rings (SSSR count). The lowest BCUT2D eigenvalue weighted by atomic mass is 10.2. The first-order valence-corrected chi connectivity index (χ1v) is 7.75. The molecule has 23 heavy (non-hydrogen) atoms. The van der Waals surface area contributed by atoms with E-state index >= 15 is 0 Å². The molecule has 1 fully saturated rings. The van der Waals surface area contributed by atoms with Gasteiger partial charge in [0.15, 0.2) is 0 Å². The van der Waals surface area contributed by atoms with Crippen LogP contribution in [0.1, 0.15) is 34.6 Å². The van der Waals surface area contributed by atoms with Gasteiger partial charge < -0.3 is 10.2 Å². The van der Waals surface area contributed by atoms with Crippen LogP contribution in [0.4, 0.5) is 10.3 Å². The molecule has 0 saturated carbocycles. The summed E-state index contributed by atoms with van der Waals surface area (Å²) in [5.74, 6) is 0.105. The van der Waals surface area contributed by atoms with Crippen LogP contribution in [-0.4, -0.2) is 33.9 Å². The molecule has 120 valence electrons. The highest BCUT2D eigenvalue weighted by atomic mass is 19.1. The van der Waals surface area contributed by atoms with Crippen molar-refractivity contribution in [2.24, 2.45) is 0 Å². The number of nitrogens with zero attached hydrogens (tertiary/aromatic N) is 3. The van der Waals surface area contributed by atoms with E-state index in [0.717, 1.165) is 37.2 Å².